The van der Waals surface area contributed by atoms with E-state index in [4.69, 9.17) is 4.74 Å². The second kappa shape index (κ2) is 10.8. The van der Waals surface area contributed by atoms with Gasteiger partial charge in [0.2, 0.25) is 0 Å². The van der Waals surface area contributed by atoms with Crippen molar-refractivity contribution in [2.24, 2.45) is 4.99 Å². The van der Waals surface area contributed by atoms with Crippen LogP contribution in [0.2, 0.25) is 0 Å². The van der Waals surface area contributed by atoms with Gasteiger partial charge in [0, 0.05) is 19.8 Å². The molecule has 0 saturated heterocycles. The number of hydrogen-bond donors (Lipinski definition) is 2. The van der Waals surface area contributed by atoms with Gasteiger partial charge in [-0.25, -0.2) is 0 Å². The van der Waals surface area contributed by atoms with Crippen LogP contribution in [0.3, 0.4) is 0 Å². The molecule has 0 fully saturated rings. The van der Waals surface area contributed by atoms with E-state index in [1.807, 2.05) is 0 Å². The third-order valence-electron chi connectivity index (χ3n) is 3.24. The van der Waals surface area contributed by atoms with Gasteiger partial charge < -0.3 is 15.4 Å². The molecule has 0 aliphatic rings. The Bertz CT molecular complexity index is 696. The first-order chi connectivity index (χ1) is 12.0. The minimum Gasteiger partial charge on any atom is -0.490 e. The number of aliphatic imine (C=N–C) groups is 1. The van der Waals surface area contributed by atoms with Crippen LogP contribution >= 0.6 is 24.0 Å². The number of rotatable bonds is 6. The number of halogens is 4. The Morgan fingerprint density at radius 3 is 2.65 bits per heavy atom. The van der Waals surface area contributed by atoms with Gasteiger partial charge >= 0.3 is 6.18 Å². The predicted octanol–water partition coefficient (Wildman–Crippen LogP) is 3.46. The lowest BCUT2D eigenvalue weighted by Gasteiger charge is -2.13. The largest absolute Gasteiger partial charge is 0.490 e. The molecule has 0 aliphatic heterocycles. The normalized spacial score (nSPS) is 11.5. The fraction of sp³-hybridized carbons (Fsp3) is 0.294. The summed E-state index contributed by atoms with van der Waals surface area (Å²) in [6.45, 7) is 1.11. The van der Waals surface area contributed by atoms with Crippen LogP contribution < -0.4 is 15.4 Å². The molecule has 2 N–H and O–H groups in total. The van der Waals surface area contributed by atoms with Gasteiger partial charge in [-0.15, -0.1) is 24.0 Å². The third kappa shape index (κ3) is 7.46. The summed E-state index contributed by atoms with van der Waals surface area (Å²) in [6.07, 6.45) is -1.08. The number of nitrogens with one attached hydrogen (secondary N) is 2. The molecule has 9 heteroatoms. The van der Waals surface area contributed by atoms with Crippen LogP contribution in [0, 0.1) is 0 Å². The van der Waals surface area contributed by atoms with Crippen LogP contribution in [0.4, 0.5) is 13.2 Å². The number of alkyl halides is 3. The zero-order valence-corrected chi connectivity index (χ0v) is 16.4. The molecule has 0 aliphatic carbocycles. The fourth-order valence-electron chi connectivity index (χ4n) is 2.03. The Kier molecular flexibility index (Phi) is 9.17. The Morgan fingerprint density at radius 2 is 2.00 bits per heavy atom. The monoisotopic (exact) mass is 480 g/mol. The first kappa shape index (κ1) is 22.0. The lowest BCUT2D eigenvalue weighted by atomic mass is 10.1. The van der Waals surface area contributed by atoms with Gasteiger partial charge in [-0.05, 0) is 29.8 Å². The standard InChI is InChI=1S/C17H19F3N4O.HI/c1-21-16(23-8-9-25-15-6-3-7-22-12-15)24-11-13-4-2-5-14(10-13)17(18,19)20;/h2-7,10,12H,8-9,11H2,1H3,(H2,21,23,24);1H. The van der Waals surface area contributed by atoms with Crippen molar-refractivity contribution < 1.29 is 17.9 Å². The van der Waals surface area contributed by atoms with Gasteiger partial charge in [-0.3, -0.25) is 9.98 Å². The smallest absolute Gasteiger partial charge is 0.416 e. The van der Waals surface area contributed by atoms with Crippen LogP contribution in [0.25, 0.3) is 0 Å². The summed E-state index contributed by atoms with van der Waals surface area (Å²) in [7, 11) is 1.59. The van der Waals surface area contributed by atoms with Crippen LogP contribution in [-0.2, 0) is 12.7 Å². The predicted molar refractivity (Wildman–Crippen MR) is 105 cm³/mol. The van der Waals surface area contributed by atoms with Crippen molar-refractivity contribution in [2.45, 2.75) is 12.7 Å². The average molecular weight is 480 g/mol. The number of guanidine groups is 1. The fourth-order valence-corrected chi connectivity index (χ4v) is 2.03. The van der Waals surface area contributed by atoms with Crippen LogP contribution in [0.1, 0.15) is 11.1 Å². The molecule has 2 aromatic rings. The number of benzene rings is 1. The molecule has 0 spiro atoms. The van der Waals surface area contributed by atoms with E-state index in [0.29, 0.717) is 30.4 Å². The zero-order chi connectivity index (χ0) is 18.1. The molecule has 26 heavy (non-hydrogen) atoms. The summed E-state index contributed by atoms with van der Waals surface area (Å²) < 4.78 is 43.6. The lowest BCUT2D eigenvalue weighted by Crippen LogP contribution is -2.38. The molecule has 142 valence electrons. The van der Waals surface area contributed by atoms with Crippen molar-refractivity contribution in [3.05, 3.63) is 59.9 Å². The summed E-state index contributed by atoms with van der Waals surface area (Å²) >= 11 is 0. The number of nitrogens with zero attached hydrogens (tertiary/aromatic N) is 2. The highest BCUT2D eigenvalue weighted by Crippen LogP contribution is 2.29. The maximum absolute atomic E-state index is 12.7. The molecule has 1 aromatic carbocycles. The second-order valence-electron chi connectivity index (χ2n) is 5.09. The summed E-state index contributed by atoms with van der Waals surface area (Å²) in [5.41, 5.74) is -0.149. The Labute approximate surface area is 167 Å². The Balaban J connectivity index is 0.00000338. The van der Waals surface area contributed by atoms with Crippen LogP contribution in [-0.4, -0.2) is 31.1 Å². The molecule has 0 atom stereocenters. The first-order valence-electron chi connectivity index (χ1n) is 7.62. The van der Waals surface area contributed by atoms with Crippen molar-refractivity contribution in [1.29, 1.82) is 0 Å². The van der Waals surface area contributed by atoms with E-state index >= 15 is 0 Å². The van der Waals surface area contributed by atoms with Gasteiger partial charge in [0.15, 0.2) is 5.96 Å². The van der Waals surface area contributed by atoms with Crippen molar-refractivity contribution in [3.8, 4) is 5.75 Å². The topological polar surface area (TPSA) is 58.5 Å². The molecule has 0 saturated carbocycles. The van der Waals surface area contributed by atoms with Crippen molar-refractivity contribution >= 4 is 29.9 Å². The minimum atomic E-state index is -4.35. The quantitative estimate of drug-likeness (QED) is 0.288. The molecule has 0 unspecified atom stereocenters. The van der Waals surface area contributed by atoms with E-state index < -0.39 is 11.7 Å². The van der Waals surface area contributed by atoms with Crippen molar-refractivity contribution in [3.63, 3.8) is 0 Å². The number of ether oxygens (including phenoxy) is 1. The van der Waals surface area contributed by atoms with E-state index in [1.165, 1.54) is 6.07 Å². The Morgan fingerprint density at radius 1 is 1.19 bits per heavy atom. The second-order valence-corrected chi connectivity index (χ2v) is 5.09. The molecular weight excluding hydrogens is 460 g/mol. The maximum atomic E-state index is 12.7. The van der Waals surface area contributed by atoms with Crippen LogP contribution in [0.15, 0.2) is 53.8 Å². The summed E-state index contributed by atoms with van der Waals surface area (Å²) in [5.74, 6) is 1.14. The van der Waals surface area contributed by atoms with E-state index in [9.17, 15) is 13.2 Å². The highest BCUT2D eigenvalue weighted by Gasteiger charge is 2.30. The van der Waals surface area contributed by atoms with E-state index in [-0.39, 0.29) is 30.5 Å². The molecular formula is C17H20F3IN4O. The number of hydrogen-bond acceptors (Lipinski definition) is 3. The van der Waals surface area contributed by atoms with E-state index in [0.717, 1.165) is 12.1 Å². The van der Waals surface area contributed by atoms with Gasteiger partial charge in [0.05, 0.1) is 18.3 Å². The van der Waals surface area contributed by atoms with Gasteiger partial charge in [0.25, 0.3) is 0 Å². The summed E-state index contributed by atoms with van der Waals surface area (Å²) in [6, 6.07) is 8.75. The number of aromatic nitrogens is 1. The SMILES string of the molecule is CN=C(NCCOc1cccnc1)NCc1cccc(C(F)(F)F)c1.I. The minimum absolute atomic E-state index is 0. The van der Waals surface area contributed by atoms with Gasteiger partial charge in [0.1, 0.15) is 12.4 Å². The van der Waals surface area contributed by atoms with Gasteiger partial charge in [-0.2, -0.15) is 13.2 Å². The van der Waals surface area contributed by atoms with E-state index in [1.54, 1.807) is 37.6 Å². The van der Waals surface area contributed by atoms with Crippen LogP contribution in [0.5, 0.6) is 5.75 Å². The average Bonchev–Trinajstić information content (AvgIpc) is 2.61. The summed E-state index contributed by atoms with van der Waals surface area (Å²) in [5, 5.41) is 5.99. The lowest BCUT2D eigenvalue weighted by molar-refractivity contribution is -0.137. The molecule has 1 heterocycles. The highest BCUT2D eigenvalue weighted by molar-refractivity contribution is 14.0. The molecule has 0 amide bonds. The molecule has 2 rings (SSSR count). The van der Waals surface area contributed by atoms with Crippen molar-refractivity contribution in [1.82, 2.24) is 15.6 Å². The van der Waals surface area contributed by atoms with Crippen molar-refractivity contribution in [2.75, 3.05) is 20.2 Å². The summed E-state index contributed by atoms with van der Waals surface area (Å²) in [4.78, 5) is 7.96. The van der Waals surface area contributed by atoms with E-state index in [2.05, 4.69) is 20.6 Å². The first-order valence-corrected chi connectivity index (χ1v) is 7.62. The Hall–Kier alpha value is -2.04. The molecule has 5 nitrogen and oxygen atoms in total. The third-order valence-corrected chi connectivity index (χ3v) is 3.24. The molecule has 1 aromatic heterocycles. The van der Waals surface area contributed by atoms with Gasteiger partial charge in [-0.1, -0.05) is 12.1 Å². The molecule has 0 radical (unpaired) electrons. The molecule has 0 bridgehead atoms. The maximum Gasteiger partial charge on any atom is 0.416 e. The number of pyridine rings is 1. The highest BCUT2D eigenvalue weighted by atomic mass is 127. The zero-order valence-electron chi connectivity index (χ0n) is 14.1.